The zero-order valence-corrected chi connectivity index (χ0v) is 13.6. The molecule has 0 unspecified atom stereocenters. The number of nitrogens with zero attached hydrogens (tertiary/aromatic N) is 1. The van der Waals surface area contributed by atoms with Crippen LogP contribution in [-0.4, -0.2) is 24.0 Å². The fraction of sp³-hybridized carbons (Fsp3) is 0.278. The molecule has 1 fully saturated rings. The highest BCUT2D eigenvalue weighted by Gasteiger charge is 2.12. The van der Waals surface area contributed by atoms with E-state index in [1.807, 2.05) is 18.2 Å². The first-order valence-electron chi connectivity index (χ1n) is 7.84. The zero-order chi connectivity index (χ0) is 16.1. The second-order valence-electron chi connectivity index (χ2n) is 5.77. The third kappa shape index (κ3) is 4.71. The van der Waals surface area contributed by atoms with Gasteiger partial charge in [0.2, 0.25) is 0 Å². The summed E-state index contributed by atoms with van der Waals surface area (Å²) in [7, 11) is 0. The Hall–Kier alpha value is -2.04. The minimum atomic E-state index is -0.259. The van der Waals surface area contributed by atoms with E-state index in [0.717, 1.165) is 25.3 Å². The van der Waals surface area contributed by atoms with Crippen molar-refractivity contribution in [1.82, 2.24) is 4.90 Å². The van der Waals surface area contributed by atoms with Crippen LogP contribution < -0.4 is 10.6 Å². The number of benzene rings is 2. The molecule has 0 bridgehead atoms. The van der Waals surface area contributed by atoms with E-state index >= 15 is 0 Å². The molecule has 0 atom stereocenters. The highest BCUT2D eigenvalue weighted by molar-refractivity contribution is 6.30. The Labute approximate surface area is 141 Å². The van der Waals surface area contributed by atoms with E-state index in [-0.39, 0.29) is 6.03 Å². The van der Waals surface area contributed by atoms with Crippen LogP contribution in [0.3, 0.4) is 0 Å². The van der Waals surface area contributed by atoms with Crippen LogP contribution in [0, 0.1) is 0 Å². The Morgan fingerprint density at radius 3 is 2.43 bits per heavy atom. The lowest BCUT2D eigenvalue weighted by molar-refractivity contribution is 0.262. The van der Waals surface area contributed by atoms with Crippen LogP contribution in [0.4, 0.5) is 16.2 Å². The van der Waals surface area contributed by atoms with Gasteiger partial charge in [0, 0.05) is 22.9 Å². The van der Waals surface area contributed by atoms with Crippen LogP contribution >= 0.6 is 11.6 Å². The summed E-state index contributed by atoms with van der Waals surface area (Å²) in [4.78, 5) is 14.5. The Kier molecular flexibility index (Phi) is 5.16. The van der Waals surface area contributed by atoms with E-state index in [4.69, 9.17) is 11.6 Å². The van der Waals surface area contributed by atoms with Crippen molar-refractivity contribution >= 4 is 29.0 Å². The van der Waals surface area contributed by atoms with Crippen LogP contribution in [0.15, 0.2) is 48.5 Å². The molecule has 2 aromatic carbocycles. The van der Waals surface area contributed by atoms with E-state index < -0.39 is 0 Å². The number of hydrogen-bond donors (Lipinski definition) is 2. The van der Waals surface area contributed by atoms with E-state index in [9.17, 15) is 4.79 Å². The topological polar surface area (TPSA) is 44.4 Å². The summed E-state index contributed by atoms with van der Waals surface area (Å²) >= 11 is 5.83. The van der Waals surface area contributed by atoms with Crippen molar-refractivity contribution in [2.45, 2.75) is 19.4 Å². The predicted molar refractivity (Wildman–Crippen MR) is 95.0 cm³/mol. The second-order valence-corrected chi connectivity index (χ2v) is 6.21. The summed E-state index contributed by atoms with van der Waals surface area (Å²) in [5, 5.41) is 6.30. The summed E-state index contributed by atoms with van der Waals surface area (Å²) in [6, 6.07) is 14.8. The lowest BCUT2D eigenvalue weighted by Gasteiger charge is -2.15. The summed E-state index contributed by atoms with van der Waals surface area (Å²) in [6.07, 6.45) is 2.56. The Morgan fingerprint density at radius 2 is 1.70 bits per heavy atom. The summed E-state index contributed by atoms with van der Waals surface area (Å²) in [6.45, 7) is 3.26. The smallest absolute Gasteiger partial charge is 0.308 e. The maximum Gasteiger partial charge on any atom is 0.323 e. The van der Waals surface area contributed by atoms with Gasteiger partial charge in [-0.3, -0.25) is 4.90 Å². The van der Waals surface area contributed by atoms with Crippen LogP contribution in [0.1, 0.15) is 18.4 Å². The maximum absolute atomic E-state index is 12.1. The van der Waals surface area contributed by atoms with Crippen molar-refractivity contribution in [3.63, 3.8) is 0 Å². The number of nitrogens with one attached hydrogen (secondary N) is 2. The summed E-state index contributed by atoms with van der Waals surface area (Å²) in [5.74, 6) is 0. The van der Waals surface area contributed by atoms with Gasteiger partial charge in [-0.15, -0.1) is 0 Å². The van der Waals surface area contributed by atoms with Gasteiger partial charge in [0.05, 0.1) is 0 Å². The van der Waals surface area contributed by atoms with Gasteiger partial charge in [-0.05, 0) is 67.9 Å². The van der Waals surface area contributed by atoms with Gasteiger partial charge in [-0.1, -0.05) is 23.7 Å². The van der Waals surface area contributed by atoms with E-state index in [1.54, 1.807) is 24.3 Å². The average molecular weight is 330 g/mol. The summed E-state index contributed by atoms with van der Waals surface area (Å²) in [5.41, 5.74) is 2.73. The molecule has 1 saturated heterocycles. The minimum Gasteiger partial charge on any atom is -0.308 e. The molecule has 23 heavy (non-hydrogen) atoms. The molecule has 0 aliphatic carbocycles. The van der Waals surface area contributed by atoms with Crippen LogP contribution in [0.5, 0.6) is 0 Å². The molecule has 0 radical (unpaired) electrons. The Morgan fingerprint density at radius 1 is 1.00 bits per heavy atom. The molecule has 2 aromatic rings. The minimum absolute atomic E-state index is 0.259. The molecule has 0 saturated carbocycles. The van der Waals surface area contributed by atoms with E-state index in [0.29, 0.717) is 10.7 Å². The fourth-order valence-electron chi connectivity index (χ4n) is 2.77. The Bertz CT molecular complexity index is 666. The van der Waals surface area contributed by atoms with Gasteiger partial charge in [0.15, 0.2) is 0 Å². The van der Waals surface area contributed by atoms with Gasteiger partial charge in [0.1, 0.15) is 0 Å². The average Bonchev–Trinajstić information content (AvgIpc) is 3.03. The van der Waals surface area contributed by atoms with Gasteiger partial charge in [0.25, 0.3) is 0 Å². The van der Waals surface area contributed by atoms with Crippen LogP contribution in [0.25, 0.3) is 0 Å². The Balaban J connectivity index is 1.58. The number of urea groups is 1. The first-order valence-corrected chi connectivity index (χ1v) is 8.22. The predicted octanol–water partition coefficient (Wildman–Crippen LogP) is 4.58. The van der Waals surface area contributed by atoms with Crippen LogP contribution in [0.2, 0.25) is 5.02 Å². The van der Waals surface area contributed by atoms with E-state index in [2.05, 4.69) is 21.6 Å². The first-order chi connectivity index (χ1) is 11.2. The molecule has 0 spiro atoms. The molecule has 1 aliphatic rings. The maximum atomic E-state index is 12.1. The normalized spacial score (nSPS) is 14.7. The highest BCUT2D eigenvalue weighted by atomic mass is 35.5. The van der Waals surface area contributed by atoms with Crippen molar-refractivity contribution in [3.05, 3.63) is 59.1 Å². The molecule has 2 amide bonds. The number of hydrogen-bond acceptors (Lipinski definition) is 2. The van der Waals surface area contributed by atoms with Gasteiger partial charge >= 0.3 is 6.03 Å². The molecule has 2 N–H and O–H groups in total. The molecule has 0 aromatic heterocycles. The van der Waals surface area contributed by atoms with Crippen molar-refractivity contribution < 1.29 is 4.79 Å². The van der Waals surface area contributed by atoms with Gasteiger partial charge in [-0.2, -0.15) is 0 Å². The fourth-order valence-corrected chi connectivity index (χ4v) is 2.90. The van der Waals surface area contributed by atoms with E-state index in [1.165, 1.54) is 18.4 Å². The molecule has 1 heterocycles. The van der Waals surface area contributed by atoms with Gasteiger partial charge in [-0.25, -0.2) is 4.79 Å². The highest BCUT2D eigenvalue weighted by Crippen LogP contribution is 2.17. The number of amides is 2. The third-order valence-electron chi connectivity index (χ3n) is 3.89. The number of halogens is 1. The lowest BCUT2D eigenvalue weighted by atomic mass is 10.2. The lowest BCUT2D eigenvalue weighted by Crippen LogP contribution is -2.20. The van der Waals surface area contributed by atoms with Crippen LogP contribution in [-0.2, 0) is 6.54 Å². The standard InChI is InChI=1S/C18H20ClN3O/c19-15-6-8-16(9-7-15)20-18(23)21-17-5-3-4-14(12-17)13-22-10-1-2-11-22/h3-9,12H,1-2,10-11,13H2,(H2,20,21,23). The van der Waals surface area contributed by atoms with Crippen molar-refractivity contribution in [2.75, 3.05) is 23.7 Å². The number of anilines is 2. The molecular weight excluding hydrogens is 310 g/mol. The molecule has 5 heteroatoms. The second kappa shape index (κ2) is 7.49. The van der Waals surface area contributed by atoms with Crippen molar-refractivity contribution in [3.8, 4) is 0 Å². The van der Waals surface area contributed by atoms with Crippen molar-refractivity contribution in [2.24, 2.45) is 0 Å². The third-order valence-corrected chi connectivity index (χ3v) is 4.14. The van der Waals surface area contributed by atoms with Gasteiger partial charge < -0.3 is 10.6 Å². The SMILES string of the molecule is O=C(Nc1ccc(Cl)cc1)Nc1cccc(CN2CCCC2)c1. The molecule has 1 aliphatic heterocycles. The summed E-state index contributed by atoms with van der Waals surface area (Å²) < 4.78 is 0. The quantitative estimate of drug-likeness (QED) is 0.862. The molecule has 120 valence electrons. The molecular formula is C18H20ClN3O. The number of likely N-dealkylation sites (tertiary alicyclic amines) is 1. The molecule has 4 nitrogen and oxygen atoms in total. The zero-order valence-electron chi connectivity index (χ0n) is 12.9. The first kappa shape index (κ1) is 15.8. The number of rotatable bonds is 4. The molecule has 3 rings (SSSR count). The number of carbonyl (C=O) groups excluding carboxylic acids is 1. The van der Waals surface area contributed by atoms with Crippen molar-refractivity contribution in [1.29, 1.82) is 0 Å². The largest absolute Gasteiger partial charge is 0.323 e. The number of carbonyl (C=O) groups is 1. The monoisotopic (exact) mass is 329 g/mol.